The second-order valence-electron chi connectivity index (χ2n) is 5.28. The van der Waals surface area contributed by atoms with Gasteiger partial charge in [-0.05, 0) is 36.0 Å². The van der Waals surface area contributed by atoms with E-state index in [0.29, 0.717) is 12.8 Å². The fourth-order valence-electron chi connectivity index (χ4n) is 2.35. The monoisotopic (exact) mass is 410 g/mol. The average Bonchev–Trinajstić information content (AvgIpc) is 2.54. The molecule has 2 unspecified atom stereocenters. The SMILES string of the molecule is O=[PH](O)OC(CCCc1ccc(-c2ccccc2)cc1)S(=O)(=O)O.[KH]. The molecule has 2 atom stereocenters. The first-order chi connectivity index (χ1) is 11.4. The van der Waals surface area contributed by atoms with Gasteiger partial charge in [-0.1, -0.05) is 54.6 Å². The van der Waals surface area contributed by atoms with Crippen LogP contribution in [0, 0.1) is 0 Å². The van der Waals surface area contributed by atoms with Gasteiger partial charge in [-0.3, -0.25) is 13.6 Å². The predicted molar refractivity (Wildman–Crippen MR) is 99.6 cm³/mol. The molecule has 0 bridgehead atoms. The van der Waals surface area contributed by atoms with Crippen LogP contribution in [-0.2, 0) is 25.6 Å². The summed E-state index contributed by atoms with van der Waals surface area (Å²) in [6.45, 7) is 0. The van der Waals surface area contributed by atoms with Crippen LogP contribution in [0.1, 0.15) is 18.4 Å². The van der Waals surface area contributed by atoms with Crippen molar-refractivity contribution in [3.05, 3.63) is 60.2 Å². The Bertz CT molecular complexity index is 780. The van der Waals surface area contributed by atoms with Gasteiger partial charge >= 0.3 is 59.6 Å². The molecule has 2 N–H and O–H groups in total. The Balaban J connectivity index is 0.00000312. The number of hydrogen-bond acceptors (Lipinski definition) is 4. The van der Waals surface area contributed by atoms with Crippen LogP contribution in [0.25, 0.3) is 11.1 Å². The van der Waals surface area contributed by atoms with Crippen molar-refractivity contribution < 1.29 is 27.0 Å². The minimum atomic E-state index is -4.51. The third-order valence-electron chi connectivity index (χ3n) is 3.53. The Morgan fingerprint density at radius 1 is 1.00 bits per heavy atom. The van der Waals surface area contributed by atoms with Crippen LogP contribution in [0.15, 0.2) is 54.6 Å². The number of benzene rings is 2. The second kappa shape index (κ2) is 11.1. The molecular weight excluding hydrogens is 390 g/mol. The van der Waals surface area contributed by atoms with Gasteiger partial charge in [0.15, 0.2) is 5.44 Å². The number of hydrogen-bond donors (Lipinski definition) is 2. The molecule has 9 heteroatoms. The summed E-state index contributed by atoms with van der Waals surface area (Å²) in [4.78, 5) is 8.69. The van der Waals surface area contributed by atoms with E-state index in [4.69, 9.17) is 9.45 Å². The molecule has 0 saturated heterocycles. The van der Waals surface area contributed by atoms with E-state index in [-0.39, 0.29) is 57.8 Å². The van der Waals surface area contributed by atoms with Gasteiger partial charge in [-0.2, -0.15) is 8.42 Å². The first kappa shape index (κ1) is 23.2. The summed E-state index contributed by atoms with van der Waals surface area (Å²) in [6.07, 6.45) is 0.900. The van der Waals surface area contributed by atoms with Gasteiger partial charge in [0.05, 0.1) is 0 Å². The second-order valence-corrected chi connectivity index (χ2v) is 7.61. The molecule has 2 aromatic rings. The van der Waals surface area contributed by atoms with Crippen molar-refractivity contribution >= 4 is 69.8 Å². The van der Waals surface area contributed by atoms with E-state index in [0.717, 1.165) is 16.7 Å². The minimum absolute atomic E-state index is 0. The van der Waals surface area contributed by atoms with Gasteiger partial charge in [-0.25, -0.2) is 0 Å². The fourth-order valence-corrected chi connectivity index (χ4v) is 3.89. The van der Waals surface area contributed by atoms with Gasteiger partial charge in [0.1, 0.15) is 0 Å². The molecule has 0 aliphatic heterocycles. The zero-order valence-corrected chi connectivity index (χ0v) is 14.6. The third-order valence-corrected chi connectivity index (χ3v) is 5.18. The van der Waals surface area contributed by atoms with Crippen molar-refractivity contribution in [2.75, 3.05) is 0 Å². The standard InChI is InChI=1S/C16H19O6PS.K.H/c17-23(18)22-16(24(19,20)21)8-4-5-13-9-11-15(12-10-13)14-6-2-1-3-7-14;;/h1-3,6-7,9-12,16,23H,4-5,8H2,(H,17,18)(H,19,20,21);;. The summed E-state index contributed by atoms with van der Waals surface area (Å²) in [5.74, 6) is 0. The van der Waals surface area contributed by atoms with Crippen molar-refractivity contribution in [2.24, 2.45) is 0 Å². The van der Waals surface area contributed by atoms with E-state index in [1.807, 2.05) is 54.6 Å². The van der Waals surface area contributed by atoms with E-state index >= 15 is 0 Å². The Morgan fingerprint density at radius 2 is 1.56 bits per heavy atom. The molecule has 0 heterocycles. The van der Waals surface area contributed by atoms with Crippen LogP contribution >= 0.6 is 8.25 Å². The van der Waals surface area contributed by atoms with Crippen molar-refractivity contribution in [1.29, 1.82) is 0 Å². The summed E-state index contributed by atoms with van der Waals surface area (Å²) < 4.78 is 46.3. The van der Waals surface area contributed by atoms with E-state index < -0.39 is 23.8 Å². The quantitative estimate of drug-likeness (QED) is 0.394. The zero-order chi connectivity index (χ0) is 17.6. The van der Waals surface area contributed by atoms with Crippen molar-refractivity contribution in [2.45, 2.75) is 24.7 Å². The molecule has 0 radical (unpaired) electrons. The van der Waals surface area contributed by atoms with Gasteiger partial charge in [0.25, 0.3) is 10.1 Å². The van der Waals surface area contributed by atoms with E-state index in [1.54, 1.807) is 0 Å². The normalized spacial score (nSPS) is 13.7. The Labute approximate surface area is 190 Å². The Hall–Kier alpha value is 0.136. The summed E-state index contributed by atoms with van der Waals surface area (Å²) in [5.41, 5.74) is 1.52. The topological polar surface area (TPSA) is 101 Å². The number of aryl methyl sites for hydroxylation is 1. The van der Waals surface area contributed by atoms with Crippen LogP contribution in [0.5, 0.6) is 0 Å². The van der Waals surface area contributed by atoms with Gasteiger partial charge in [0, 0.05) is 0 Å². The average molecular weight is 410 g/mol. The summed E-state index contributed by atoms with van der Waals surface area (Å²) in [6, 6.07) is 17.8. The Kier molecular flexibility index (Phi) is 10.3. The summed E-state index contributed by atoms with van der Waals surface area (Å²) in [7, 11) is -7.95. The molecular formula is C16H20KO6PS. The number of rotatable bonds is 8. The fraction of sp³-hybridized carbons (Fsp3) is 0.250. The molecule has 0 saturated carbocycles. The Morgan fingerprint density at radius 3 is 2.08 bits per heavy atom. The van der Waals surface area contributed by atoms with Crippen molar-refractivity contribution in [3.8, 4) is 11.1 Å². The zero-order valence-electron chi connectivity index (χ0n) is 12.8. The van der Waals surface area contributed by atoms with Crippen molar-refractivity contribution in [3.63, 3.8) is 0 Å². The predicted octanol–water partition coefficient (Wildman–Crippen LogP) is 2.64. The molecule has 0 aromatic heterocycles. The van der Waals surface area contributed by atoms with Crippen LogP contribution in [0.2, 0.25) is 0 Å². The van der Waals surface area contributed by atoms with Gasteiger partial charge in [0.2, 0.25) is 0 Å². The van der Waals surface area contributed by atoms with Crippen LogP contribution in [0.4, 0.5) is 0 Å². The molecule has 0 amide bonds. The van der Waals surface area contributed by atoms with Crippen LogP contribution in [-0.4, -0.2) is 74.7 Å². The van der Waals surface area contributed by atoms with E-state index in [2.05, 4.69) is 4.52 Å². The third kappa shape index (κ3) is 8.13. The summed E-state index contributed by atoms with van der Waals surface area (Å²) in [5, 5.41) is 0. The first-order valence-corrected chi connectivity index (χ1v) is 10.1. The maximum atomic E-state index is 11.1. The van der Waals surface area contributed by atoms with Gasteiger partial charge < -0.3 is 4.89 Å². The van der Waals surface area contributed by atoms with E-state index in [9.17, 15) is 13.0 Å². The molecule has 0 spiro atoms. The van der Waals surface area contributed by atoms with Crippen LogP contribution in [0.3, 0.4) is 0 Å². The molecule has 2 rings (SSSR count). The maximum absolute atomic E-state index is 11.1. The van der Waals surface area contributed by atoms with Gasteiger partial charge in [-0.15, -0.1) is 0 Å². The molecule has 2 aromatic carbocycles. The van der Waals surface area contributed by atoms with Crippen molar-refractivity contribution in [1.82, 2.24) is 0 Å². The molecule has 0 fully saturated rings. The molecule has 25 heavy (non-hydrogen) atoms. The van der Waals surface area contributed by atoms with Crippen LogP contribution < -0.4 is 0 Å². The molecule has 0 aliphatic rings. The summed E-state index contributed by atoms with van der Waals surface area (Å²) >= 11 is 0. The van der Waals surface area contributed by atoms with E-state index in [1.165, 1.54) is 0 Å². The molecule has 132 valence electrons. The first-order valence-electron chi connectivity index (χ1n) is 7.36. The molecule has 0 aliphatic carbocycles. The molecule has 6 nitrogen and oxygen atoms in total.